The maximum atomic E-state index is 15.2. The lowest BCUT2D eigenvalue weighted by atomic mass is 9.95. The van der Waals surface area contributed by atoms with Crippen molar-refractivity contribution in [3.8, 4) is 28.0 Å². The van der Waals surface area contributed by atoms with E-state index in [0.29, 0.717) is 23.3 Å². The topological polar surface area (TPSA) is 9.23 Å². The van der Waals surface area contributed by atoms with Gasteiger partial charge in [0.1, 0.15) is 29.8 Å². The Morgan fingerprint density at radius 1 is 0.844 bits per heavy atom. The largest absolute Gasteiger partial charge is 0.490 e. The number of ether oxygens (including phenoxy) is 1. The summed E-state index contributed by atoms with van der Waals surface area (Å²) in [5, 5.41) is 1.20. The predicted octanol–water partition coefficient (Wildman–Crippen LogP) is 8.11. The summed E-state index contributed by atoms with van der Waals surface area (Å²) in [7, 11) is 0. The minimum atomic E-state index is -0.752. The van der Waals surface area contributed by atoms with Gasteiger partial charge < -0.3 is 4.74 Å². The number of rotatable bonds is 7. The van der Waals surface area contributed by atoms with Crippen LogP contribution in [0.4, 0.5) is 13.2 Å². The lowest BCUT2D eigenvalue weighted by Gasteiger charge is -2.12. The van der Waals surface area contributed by atoms with Crippen molar-refractivity contribution in [2.75, 3.05) is 6.61 Å². The van der Waals surface area contributed by atoms with Gasteiger partial charge in [0, 0.05) is 10.9 Å². The molecule has 32 heavy (non-hydrogen) atoms. The van der Waals surface area contributed by atoms with Crippen LogP contribution in [0.15, 0.2) is 79.4 Å². The van der Waals surface area contributed by atoms with Crippen LogP contribution < -0.4 is 4.74 Å². The molecule has 0 saturated carbocycles. The molecule has 0 aliphatic heterocycles. The van der Waals surface area contributed by atoms with Crippen molar-refractivity contribution in [3.63, 3.8) is 0 Å². The van der Waals surface area contributed by atoms with Crippen LogP contribution in [0.25, 0.3) is 33.0 Å². The molecular formula is C28H23F3O. The van der Waals surface area contributed by atoms with Crippen LogP contribution in [0, 0.1) is 17.5 Å². The van der Waals surface area contributed by atoms with Crippen LogP contribution in [0.5, 0.6) is 5.75 Å². The Morgan fingerprint density at radius 3 is 2.22 bits per heavy atom. The zero-order valence-corrected chi connectivity index (χ0v) is 17.8. The molecule has 4 heteroatoms. The van der Waals surface area contributed by atoms with E-state index >= 15 is 4.39 Å². The first-order chi connectivity index (χ1) is 15.5. The third-order valence-corrected chi connectivity index (χ3v) is 5.42. The first-order valence-electron chi connectivity index (χ1n) is 10.6. The summed E-state index contributed by atoms with van der Waals surface area (Å²) < 4.78 is 50.6. The van der Waals surface area contributed by atoms with Crippen molar-refractivity contribution in [3.05, 3.63) is 102 Å². The van der Waals surface area contributed by atoms with Gasteiger partial charge in [-0.2, -0.15) is 0 Å². The van der Waals surface area contributed by atoms with E-state index in [1.807, 2.05) is 12.1 Å². The zero-order valence-electron chi connectivity index (χ0n) is 17.8. The second-order valence-electron chi connectivity index (χ2n) is 7.67. The molecule has 0 fully saturated rings. The summed E-state index contributed by atoms with van der Waals surface area (Å²) in [5.74, 6) is -1.41. The lowest BCUT2D eigenvalue weighted by molar-refractivity contribution is 0.363. The van der Waals surface area contributed by atoms with Crippen molar-refractivity contribution in [1.29, 1.82) is 0 Å². The Balaban J connectivity index is 1.71. The molecule has 162 valence electrons. The van der Waals surface area contributed by atoms with Gasteiger partial charge in [-0.05, 0) is 52.8 Å². The van der Waals surface area contributed by atoms with E-state index in [1.165, 1.54) is 12.1 Å². The van der Waals surface area contributed by atoms with Gasteiger partial charge in [0.25, 0.3) is 0 Å². The van der Waals surface area contributed by atoms with Crippen LogP contribution >= 0.6 is 0 Å². The van der Waals surface area contributed by atoms with Gasteiger partial charge in [-0.3, -0.25) is 0 Å². The molecule has 4 aromatic carbocycles. The van der Waals surface area contributed by atoms with Crippen LogP contribution in [-0.2, 0) is 6.42 Å². The quantitative estimate of drug-likeness (QED) is 0.268. The van der Waals surface area contributed by atoms with Gasteiger partial charge in [0.05, 0.1) is 5.56 Å². The first kappa shape index (κ1) is 21.7. The molecule has 0 bridgehead atoms. The monoisotopic (exact) mass is 432 g/mol. The zero-order chi connectivity index (χ0) is 22.7. The molecule has 0 aliphatic rings. The first-order valence-corrected chi connectivity index (χ1v) is 10.6. The predicted molar refractivity (Wildman–Crippen MR) is 124 cm³/mol. The van der Waals surface area contributed by atoms with E-state index in [0.717, 1.165) is 23.8 Å². The molecule has 0 N–H and O–H groups in total. The molecule has 0 aromatic heterocycles. The fourth-order valence-electron chi connectivity index (χ4n) is 3.89. The van der Waals surface area contributed by atoms with E-state index in [4.69, 9.17) is 4.74 Å². The Kier molecular flexibility index (Phi) is 6.31. The Hall–Kier alpha value is -3.53. The average molecular weight is 432 g/mol. The van der Waals surface area contributed by atoms with Crippen LogP contribution in [0.3, 0.4) is 0 Å². The molecule has 0 saturated heterocycles. The second-order valence-corrected chi connectivity index (χ2v) is 7.67. The molecule has 0 aliphatic carbocycles. The highest BCUT2D eigenvalue weighted by Gasteiger charge is 2.17. The Labute approximate surface area is 185 Å². The number of aryl methyl sites for hydroxylation is 1. The molecule has 0 atom stereocenters. The van der Waals surface area contributed by atoms with Gasteiger partial charge in [-0.15, -0.1) is 0 Å². The summed E-state index contributed by atoms with van der Waals surface area (Å²) >= 11 is 0. The second kappa shape index (κ2) is 9.31. The maximum absolute atomic E-state index is 15.2. The minimum Gasteiger partial charge on any atom is -0.490 e. The third kappa shape index (κ3) is 4.26. The van der Waals surface area contributed by atoms with E-state index in [-0.39, 0.29) is 16.7 Å². The fourth-order valence-corrected chi connectivity index (χ4v) is 3.89. The Morgan fingerprint density at radius 2 is 1.56 bits per heavy atom. The van der Waals surface area contributed by atoms with Crippen molar-refractivity contribution < 1.29 is 17.9 Å². The Bertz CT molecular complexity index is 1250. The van der Waals surface area contributed by atoms with E-state index in [2.05, 4.69) is 13.5 Å². The molecular weight excluding hydrogens is 409 g/mol. The standard InChI is InChI=1S/C28H23F3O/c1-3-5-18-6-12-23-20(15-18)9-13-24(28(23)31)21-16-25(29)27(26(30)17-21)19-7-10-22(11-8-19)32-14-4-2/h4,6-13,15-17H,2-3,5,14H2,1H3. The summed E-state index contributed by atoms with van der Waals surface area (Å²) in [6.45, 7) is 6.01. The minimum absolute atomic E-state index is 0.158. The number of hydrogen-bond acceptors (Lipinski definition) is 1. The van der Waals surface area contributed by atoms with Crippen molar-refractivity contribution in [1.82, 2.24) is 0 Å². The number of halogens is 3. The van der Waals surface area contributed by atoms with Gasteiger partial charge in [-0.25, -0.2) is 13.2 Å². The molecule has 0 heterocycles. The fraction of sp³-hybridized carbons (Fsp3) is 0.143. The van der Waals surface area contributed by atoms with Crippen molar-refractivity contribution in [2.45, 2.75) is 19.8 Å². The SMILES string of the molecule is C=CCOc1ccc(-c2c(F)cc(-c3ccc4cc(CCC)ccc4c3F)cc2F)cc1. The molecule has 4 aromatic rings. The maximum Gasteiger partial charge on any atom is 0.138 e. The summed E-state index contributed by atoms with van der Waals surface area (Å²) in [5.41, 5.74) is 1.67. The molecule has 0 unspecified atom stereocenters. The molecule has 1 nitrogen and oxygen atoms in total. The molecule has 0 radical (unpaired) electrons. The molecule has 4 rings (SSSR count). The van der Waals surface area contributed by atoms with E-state index < -0.39 is 17.5 Å². The highest BCUT2D eigenvalue weighted by atomic mass is 19.1. The van der Waals surface area contributed by atoms with Crippen LogP contribution in [0.2, 0.25) is 0 Å². The van der Waals surface area contributed by atoms with Gasteiger partial charge >= 0.3 is 0 Å². The highest BCUT2D eigenvalue weighted by molar-refractivity contribution is 5.89. The normalized spacial score (nSPS) is 11.0. The summed E-state index contributed by atoms with van der Waals surface area (Å²) in [4.78, 5) is 0. The average Bonchev–Trinajstić information content (AvgIpc) is 2.78. The molecule has 0 amide bonds. The summed E-state index contributed by atoms with van der Waals surface area (Å²) in [6, 6.07) is 17.8. The van der Waals surface area contributed by atoms with E-state index in [9.17, 15) is 8.78 Å². The highest BCUT2D eigenvalue weighted by Crippen LogP contribution is 2.35. The van der Waals surface area contributed by atoms with Gasteiger partial charge in [0.15, 0.2) is 0 Å². The van der Waals surface area contributed by atoms with Gasteiger partial charge in [0.2, 0.25) is 0 Å². The smallest absolute Gasteiger partial charge is 0.138 e. The van der Waals surface area contributed by atoms with Crippen molar-refractivity contribution >= 4 is 10.8 Å². The third-order valence-electron chi connectivity index (χ3n) is 5.42. The summed E-state index contributed by atoms with van der Waals surface area (Å²) in [6.07, 6.45) is 3.53. The van der Waals surface area contributed by atoms with E-state index in [1.54, 1.807) is 48.5 Å². The lowest BCUT2D eigenvalue weighted by Crippen LogP contribution is -1.96. The van der Waals surface area contributed by atoms with Gasteiger partial charge in [-0.1, -0.05) is 68.5 Å². The number of hydrogen-bond donors (Lipinski definition) is 0. The molecule has 0 spiro atoms. The van der Waals surface area contributed by atoms with Crippen LogP contribution in [-0.4, -0.2) is 6.61 Å². The number of benzene rings is 4. The number of fused-ring (bicyclic) bond motifs is 1. The van der Waals surface area contributed by atoms with Crippen LogP contribution in [0.1, 0.15) is 18.9 Å². The van der Waals surface area contributed by atoms with Crippen molar-refractivity contribution in [2.24, 2.45) is 0 Å².